The van der Waals surface area contributed by atoms with Gasteiger partial charge in [-0.3, -0.25) is 4.40 Å². The van der Waals surface area contributed by atoms with Gasteiger partial charge < -0.3 is 10.1 Å². The number of fused-ring (bicyclic) bond motifs is 1. The maximum atomic E-state index is 12.8. The molecular formula is C19H22N4O3S. The molecule has 0 radical (unpaired) electrons. The Morgan fingerprint density at radius 3 is 2.78 bits per heavy atom. The number of anilines is 1. The summed E-state index contributed by atoms with van der Waals surface area (Å²) in [6, 6.07) is 10.7. The first kappa shape index (κ1) is 18.0. The van der Waals surface area contributed by atoms with Crippen LogP contribution in [0.4, 0.5) is 5.69 Å². The van der Waals surface area contributed by atoms with Crippen LogP contribution in [0.25, 0.3) is 16.9 Å². The fourth-order valence-electron chi connectivity index (χ4n) is 3.27. The molecule has 0 aliphatic carbocycles. The molecule has 1 aromatic carbocycles. The van der Waals surface area contributed by atoms with Crippen molar-refractivity contribution in [2.75, 3.05) is 25.6 Å². The van der Waals surface area contributed by atoms with E-state index >= 15 is 0 Å². The number of ether oxygens (including phenoxy) is 1. The molecule has 2 aromatic heterocycles. The third-order valence-corrected chi connectivity index (χ3v) is 6.30. The topological polar surface area (TPSA) is 84.7 Å². The minimum Gasteiger partial charge on any atom is -0.387 e. The smallest absolute Gasteiger partial charge is 0.240 e. The molecule has 0 atom stereocenters. The Balaban J connectivity index is 1.68. The summed E-state index contributed by atoms with van der Waals surface area (Å²) in [6.07, 6.45) is 5.09. The molecule has 4 rings (SSSR count). The highest BCUT2D eigenvalue weighted by molar-refractivity contribution is 7.89. The first-order valence-electron chi connectivity index (χ1n) is 8.92. The molecule has 8 heteroatoms. The van der Waals surface area contributed by atoms with Gasteiger partial charge in [0, 0.05) is 38.1 Å². The first-order chi connectivity index (χ1) is 13.1. The van der Waals surface area contributed by atoms with E-state index in [9.17, 15) is 8.42 Å². The third kappa shape index (κ3) is 3.69. The van der Waals surface area contributed by atoms with E-state index in [4.69, 9.17) is 4.74 Å². The van der Waals surface area contributed by atoms with Gasteiger partial charge in [0.25, 0.3) is 0 Å². The van der Waals surface area contributed by atoms with Gasteiger partial charge >= 0.3 is 0 Å². The van der Waals surface area contributed by atoms with Gasteiger partial charge in [-0.1, -0.05) is 12.1 Å². The van der Waals surface area contributed by atoms with Crippen molar-refractivity contribution in [3.8, 4) is 11.3 Å². The summed E-state index contributed by atoms with van der Waals surface area (Å²) in [5.41, 5.74) is 3.39. The summed E-state index contributed by atoms with van der Waals surface area (Å²) in [5.74, 6) is 0. The lowest BCUT2D eigenvalue weighted by atomic mass is 10.1. The molecule has 1 fully saturated rings. The molecule has 0 amide bonds. The van der Waals surface area contributed by atoms with Crippen LogP contribution in [0, 0.1) is 0 Å². The predicted octanol–water partition coefficient (Wildman–Crippen LogP) is 2.50. The van der Waals surface area contributed by atoms with Crippen LogP contribution in [0.5, 0.6) is 0 Å². The fourth-order valence-corrected chi connectivity index (χ4v) is 4.62. The van der Waals surface area contributed by atoms with E-state index in [-0.39, 0.29) is 10.9 Å². The molecular weight excluding hydrogens is 364 g/mol. The monoisotopic (exact) mass is 386 g/mol. The molecule has 3 heterocycles. The van der Waals surface area contributed by atoms with Gasteiger partial charge in [0.1, 0.15) is 5.65 Å². The Hall–Kier alpha value is -2.42. The maximum Gasteiger partial charge on any atom is 0.240 e. The summed E-state index contributed by atoms with van der Waals surface area (Å²) < 4.78 is 35.6. The SMILES string of the molecule is CNc1ccc2ncc(-c3cccc(S(=O)(=O)NC4CCOCC4)c3)n2c1. The molecule has 7 nitrogen and oxygen atoms in total. The van der Waals surface area contributed by atoms with Crippen molar-refractivity contribution in [1.29, 1.82) is 0 Å². The summed E-state index contributed by atoms with van der Waals surface area (Å²) >= 11 is 0. The highest BCUT2D eigenvalue weighted by atomic mass is 32.2. The Morgan fingerprint density at radius 2 is 2.00 bits per heavy atom. The number of nitrogens with zero attached hydrogens (tertiary/aromatic N) is 2. The zero-order chi connectivity index (χ0) is 18.9. The number of imidazole rings is 1. The van der Waals surface area contributed by atoms with Gasteiger partial charge in [-0.2, -0.15) is 0 Å². The van der Waals surface area contributed by atoms with Crippen molar-refractivity contribution < 1.29 is 13.2 Å². The largest absolute Gasteiger partial charge is 0.387 e. The van der Waals surface area contributed by atoms with Crippen molar-refractivity contribution >= 4 is 21.4 Å². The normalized spacial score (nSPS) is 15.9. The quantitative estimate of drug-likeness (QED) is 0.704. The first-order valence-corrected chi connectivity index (χ1v) is 10.4. The molecule has 0 saturated carbocycles. The second-order valence-corrected chi connectivity index (χ2v) is 8.29. The van der Waals surface area contributed by atoms with Crippen LogP contribution in [0.3, 0.4) is 0 Å². The highest BCUT2D eigenvalue weighted by Crippen LogP contribution is 2.25. The minimum absolute atomic E-state index is 0.0820. The fraction of sp³-hybridized carbons (Fsp3) is 0.316. The van der Waals surface area contributed by atoms with E-state index in [1.165, 1.54) is 0 Å². The average Bonchev–Trinajstić information content (AvgIpc) is 3.11. The van der Waals surface area contributed by atoms with Crippen molar-refractivity contribution in [2.24, 2.45) is 0 Å². The van der Waals surface area contributed by atoms with E-state index in [0.717, 1.165) is 22.6 Å². The molecule has 142 valence electrons. The van der Waals surface area contributed by atoms with Crippen LogP contribution in [-0.2, 0) is 14.8 Å². The van der Waals surface area contributed by atoms with E-state index in [2.05, 4.69) is 15.0 Å². The number of rotatable bonds is 5. The predicted molar refractivity (Wildman–Crippen MR) is 104 cm³/mol. The van der Waals surface area contributed by atoms with Crippen molar-refractivity contribution in [3.05, 3.63) is 48.8 Å². The summed E-state index contributed by atoms with van der Waals surface area (Å²) in [5, 5.41) is 3.10. The zero-order valence-corrected chi connectivity index (χ0v) is 15.9. The molecule has 0 unspecified atom stereocenters. The van der Waals surface area contributed by atoms with Gasteiger partial charge in [0.15, 0.2) is 0 Å². The van der Waals surface area contributed by atoms with Gasteiger partial charge in [-0.05, 0) is 37.1 Å². The Bertz CT molecular complexity index is 1060. The number of hydrogen-bond donors (Lipinski definition) is 2. The van der Waals surface area contributed by atoms with E-state index < -0.39 is 10.0 Å². The lowest BCUT2D eigenvalue weighted by molar-refractivity contribution is 0.0832. The average molecular weight is 386 g/mol. The summed E-state index contributed by atoms with van der Waals surface area (Å²) in [6.45, 7) is 1.17. The summed E-state index contributed by atoms with van der Waals surface area (Å²) in [4.78, 5) is 4.67. The van der Waals surface area contributed by atoms with Crippen molar-refractivity contribution in [2.45, 2.75) is 23.8 Å². The highest BCUT2D eigenvalue weighted by Gasteiger charge is 2.22. The number of hydrogen-bond acceptors (Lipinski definition) is 5. The second kappa shape index (κ2) is 7.30. The lowest BCUT2D eigenvalue weighted by Crippen LogP contribution is -2.38. The van der Waals surface area contributed by atoms with E-state index in [1.807, 2.05) is 35.8 Å². The van der Waals surface area contributed by atoms with Crippen LogP contribution in [0.2, 0.25) is 0 Å². The molecule has 3 aromatic rings. The minimum atomic E-state index is -3.59. The van der Waals surface area contributed by atoms with Crippen molar-refractivity contribution in [1.82, 2.24) is 14.1 Å². The molecule has 1 aliphatic rings. The van der Waals surface area contributed by atoms with E-state index in [1.54, 1.807) is 24.4 Å². The molecule has 0 bridgehead atoms. The zero-order valence-electron chi connectivity index (χ0n) is 15.1. The Kier molecular flexibility index (Phi) is 4.86. The Morgan fingerprint density at radius 1 is 1.19 bits per heavy atom. The van der Waals surface area contributed by atoms with Crippen LogP contribution >= 0.6 is 0 Å². The second-order valence-electron chi connectivity index (χ2n) is 6.58. The standard InChI is InChI=1S/C19H22N4O3S/c1-20-16-5-6-19-21-12-18(23(19)13-16)14-3-2-4-17(11-14)27(24,25)22-15-7-9-26-10-8-15/h2-6,11-13,15,20,22H,7-10H2,1H3. The number of benzene rings is 1. The van der Waals surface area contributed by atoms with Gasteiger partial charge in [0.2, 0.25) is 10.0 Å². The Labute approximate surface area is 158 Å². The maximum absolute atomic E-state index is 12.8. The number of nitrogens with one attached hydrogen (secondary N) is 2. The number of sulfonamides is 1. The summed E-state index contributed by atoms with van der Waals surface area (Å²) in [7, 11) is -1.73. The van der Waals surface area contributed by atoms with E-state index in [0.29, 0.717) is 26.1 Å². The molecule has 2 N–H and O–H groups in total. The van der Waals surface area contributed by atoms with Crippen LogP contribution < -0.4 is 10.0 Å². The van der Waals surface area contributed by atoms with Crippen LogP contribution in [-0.4, -0.2) is 44.1 Å². The van der Waals surface area contributed by atoms with Gasteiger partial charge in [-0.25, -0.2) is 18.1 Å². The molecule has 1 aliphatic heterocycles. The van der Waals surface area contributed by atoms with Crippen LogP contribution in [0.15, 0.2) is 53.7 Å². The number of pyridine rings is 1. The third-order valence-electron chi connectivity index (χ3n) is 4.78. The molecule has 0 spiro atoms. The molecule has 1 saturated heterocycles. The van der Waals surface area contributed by atoms with Crippen LogP contribution in [0.1, 0.15) is 12.8 Å². The lowest BCUT2D eigenvalue weighted by Gasteiger charge is -2.23. The number of aromatic nitrogens is 2. The van der Waals surface area contributed by atoms with Gasteiger partial charge in [-0.15, -0.1) is 0 Å². The molecule has 27 heavy (non-hydrogen) atoms. The van der Waals surface area contributed by atoms with Crippen molar-refractivity contribution in [3.63, 3.8) is 0 Å². The van der Waals surface area contributed by atoms with Gasteiger partial charge in [0.05, 0.1) is 22.5 Å².